The monoisotopic (exact) mass is 234 g/mol. The average Bonchev–Trinajstić information content (AvgIpc) is 2.17. The number of rotatable bonds is 3. The van der Waals surface area contributed by atoms with E-state index in [4.69, 9.17) is 5.14 Å². The highest BCUT2D eigenvalue weighted by molar-refractivity contribution is 7.89. The normalized spacial score (nSPS) is 27.3. The van der Waals surface area contributed by atoms with Gasteiger partial charge in [0.2, 0.25) is 15.9 Å². The molecule has 0 saturated heterocycles. The maximum absolute atomic E-state index is 11.6. The lowest BCUT2D eigenvalue weighted by atomic mass is 9.88. The summed E-state index contributed by atoms with van der Waals surface area (Å²) in [6.45, 7) is 2.33. The lowest BCUT2D eigenvalue weighted by Gasteiger charge is -2.28. The van der Waals surface area contributed by atoms with E-state index in [0.717, 1.165) is 12.8 Å². The van der Waals surface area contributed by atoms with Gasteiger partial charge in [0.1, 0.15) is 0 Å². The van der Waals surface area contributed by atoms with E-state index in [1.807, 2.05) is 6.92 Å². The molecule has 1 saturated carbocycles. The Morgan fingerprint density at radius 2 is 2.00 bits per heavy atom. The third-order valence-electron chi connectivity index (χ3n) is 2.81. The zero-order valence-electron chi connectivity index (χ0n) is 8.90. The van der Waals surface area contributed by atoms with Gasteiger partial charge in [-0.25, -0.2) is 13.6 Å². The number of nitrogens with one attached hydrogen (secondary N) is 1. The molecule has 15 heavy (non-hydrogen) atoms. The summed E-state index contributed by atoms with van der Waals surface area (Å²) in [7, 11) is -3.60. The van der Waals surface area contributed by atoms with Crippen LogP contribution >= 0.6 is 0 Å². The predicted molar refractivity (Wildman–Crippen MR) is 57.5 cm³/mol. The minimum absolute atomic E-state index is 0.184. The minimum atomic E-state index is -3.60. The van der Waals surface area contributed by atoms with E-state index in [9.17, 15) is 13.2 Å². The Labute approximate surface area is 90.5 Å². The van der Waals surface area contributed by atoms with Crippen molar-refractivity contribution in [2.45, 2.75) is 37.9 Å². The summed E-state index contributed by atoms with van der Waals surface area (Å²) in [5.74, 6) is -0.648. The summed E-state index contributed by atoms with van der Waals surface area (Å²) in [5.41, 5.74) is 0. The van der Waals surface area contributed by atoms with Gasteiger partial charge >= 0.3 is 0 Å². The van der Waals surface area contributed by atoms with Crippen molar-refractivity contribution in [3.05, 3.63) is 0 Å². The molecule has 3 N–H and O–H groups in total. The van der Waals surface area contributed by atoms with Gasteiger partial charge in [-0.05, 0) is 19.8 Å². The van der Waals surface area contributed by atoms with E-state index >= 15 is 0 Å². The Kier molecular flexibility index (Phi) is 4.10. The van der Waals surface area contributed by atoms with Crippen LogP contribution in [0.5, 0.6) is 0 Å². The van der Waals surface area contributed by atoms with E-state index in [1.54, 1.807) is 0 Å². The summed E-state index contributed by atoms with van der Waals surface area (Å²) >= 11 is 0. The van der Waals surface area contributed by atoms with Crippen molar-refractivity contribution in [1.82, 2.24) is 5.32 Å². The van der Waals surface area contributed by atoms with Gasteiger partial charge in [-0.1, -0.05) is 12.8 Å². The predicted octanol–water partition coefficient (Wildman–Crippen LogP) is -0.0302. The van der Waals surface area contributed by atoms with Crippen molar-refractivity contribution in [2.24, 2.45) is 11.1 Å². The van der Waals surface area contributed by atoms with Crippen LogP contribution in [-0.4, -0.2) is 26.1 Å². The first-order valence-electron chi connectivity index (χ1n) is 5.26. The number of amides is 1. The molecule has 0 unspecified atom stereocenters. The summed E-state index contributed by atoms with van der Waals surface area (Å²) in [6, 6.07) is 0. The molecule has 1 fully saturated rings. The Morgan fingerprint density at radius 3 is 2.53 bits per heavy atom. The number of sulfonamides is 1. The first kappa shape index (κ1) is 12.4. The molecular formula is C9H18N2O3S. The lowest BCUT2D eigenvalue weighted by Crippen LogP contribution is -2.45. The van der Waals surface area contributed by atoms with Gasteiger partial charge in [-0.15, -0.1) is 0 Å². The molecule has 88 valence electrons. The van der Waals surface area contributed by atoms with Gasteiger partial charge in [0.05, 0.1) is 11.2 Å². The van der Waals surface area contributed by atoms with E-state index in [0.29, 0.717) is 19.4 Å². The molecule has 0 aliphatic heterocycles. The fourth-order valence-electron chi connectivity index (χ4n) is 2.10. The molecular weight excluding hydrogens is 216 g/mol. The highest BCUT2D eigenvalue weighted by atomic mass is 32.2. The average molecular weight is 234 g/mol. The van der Waals surface area contributed by atoms with E-state index < -0.39 is 21.2 Å². The van der Waals surface area contributed by atoms with Crippen LogP contribution in [0, 0.1) is 5.92 Å². The number of carbonyl (C=O) groups is 1. The van der Waals surface area contributed by atoms with Gasteiger partial charge in [0.15, 0.2) is 0 Å². The number of hydrogen-bond acceptors (Lipinski definition) is 3. The second kappa shape index (κ2) is 4.94. The maximum Gasteiger partial charge on any atom is 0.224 e. The van der Waals surface area contributed by atoms with Crippen LogP contribution < -0.4 is 10.5 Å². The molecule has 0 aromatic carbocycles. The van der Waals surface area contributed by atoms with Gasteiger partial charge < -0.3 is 5.32 Å². The number of carbonyl (C=O) groups excluding carboxylic acids is 1. The third kappa shape index (κ3) is 3.17. The highest BCUT2D eigenvalue weighted by Crippen LogP contribution is 2.28. The number of hydrogen-bond donors (Lipinski definition) is 2. The Morgan fingerprint density at radius 1 is 1.40 bits per heavy atom. The SMILES string of the molecule is CCNC(=O)[C@H]1CCCC[C@H]1S(N)(=O)=O. The fourth-order valence-corrected chi connectivity index (χ4v) is 3.31. The third-order valence-corrected chi connectivity index (χ3v) is 4.22. The number of nitrogens with two attached hydrogens (primary N) is 1. The molecule has 0 radical (unpaired) electrons. The lowest BCUT2D eigenvalue weighted by molar-refractivity contribution is -0.125. The Bertz CT molecular complexity index is 326. The zero-order chi connectivity index (χ0) is 11.5. The quantitative estimate of drug-likeness (QED) is 0.718. The van der Waals surface area contributed by atoms with Gasteiger partial charge in [-0.2, -0.15) is 0 Å². The molecule has 1 aliphatic rings. The summed E-state index contributed by atoms with van der Waals surface area (Å²) < 4.78 is 22.6. The van der Waals surface area contributed by atoms with Crippen LogP contribution in [0.3, 0.4) is 0 Å². The van der Waals surface area contributed by atoms with Crippen LogP contribution in [0.25, 0.3) is 0 Å². The maximum atomic E-state index is 11.6. The van der Waals surface area contributed by atoms with Crippen molar-refractivity contribution < 1.29 is 13.2 Å². The molecule has 1 amide bonds. The Hall–Kier alpha value is -0.620. The van der Waals surface area contributed by atoms with Crippen LogP contribution in [0.15, 0.2) is 0 Å². The van der Waals surface area contributed by atoms with Crippen molar-refractivity contribution >= 4 is 15.9 Å². The summed E-state index contributed by atoms with van der Waals surface area (Å²) in [4.78, 5) is 11.6. The molecule has 0 heterocycles. The van der Waals surface area contributed by atoms with Crippen LogP contribution in [0.4, 0.5) is 0 Å². The van der Waals surface area contributed by atoms with Gasteiger partial charge in [-0.3, -0.25) is 4.79 Å². The Balaban J connectivity index is 2.79. The van der Waals surface area contributed by atoms with Crippen molar-refractivity contribution in [1.29, 1.82) is 0 Å². The molecule has 0 spiro atoms. The van der Waals surface area contributed by atoms with Crippen molar-refractivity contribution in [3.8, 4) is 0 Å². The van der Waals surface area contributed by atoms with Crippen molar-refractivity contribution in [3.63, 3.8) is 0 Å². The van der Waals surface area contributed by atoms with E-state index in [2.05, 4.69) is 5.32 Å². The fraction of sp³-hybridized carbons (Fsp3) is 0.889. The molecule has 0 bridgehead atoms. The topological polar surface area (TPSA) is 89.3 Å². The molecule has 6 heteroatoms. The van der Waals surface area contributed by atoms with Crippen LogP contribution in [0.1, 0.15) is 32.6 Å². The summed E-state index contributed by atoms with van der Waals surface area (Å²) in [5, 5.41) is 7.09. The number of primary sulfonamides is 1. The van der Waals surface area contributed by atoms with E-state index in [-0.39, 0.29) is 5.91 Å². The second-order valence-electron chi connectivity index (χ2n) is 3.91. The van der Waals surface area contributed by atoms with Crippen LogP contribution in [0.2, 0.25) is 0 Å². The van der Waals surface area contributed by atoms with E-state index in [1.165, 1.54) is 0 Å². The molecule has 0 aromatic rings. The molecule has 0 aromatic heterocycles. The molecule has 1 aliphatic carbocycles. The van der Waals surface area contributed by atoms with Gasteiger partial charge in [0, 0.05) is 6.54 Å². The standard InChI is InChI=1S/C9H18N2O3S/c1-2-11-9(12)7-5-3-4-6-8(7)15(10,13)14/h7-8H,2-6H2,1H3,(H,11,12)(H2,10,13,14)/t7-,8+/m0/s1. The largest absolute Gasteiger partial charge is 0.356 e. The van der Waals surface area contributed by atoms with Crippen LogP contribution in [-0.2, 0) is 14.8 Å². The molecule has 2 atom stereocenters. The first-order valence-corrected chi connectivity index (χ1v) is 6.87. The molecule has 1 rings (SSSR count). The first-order chi connectivity index (χ1) is 6.96. The van der Waals surface area contributed by atoms with Gasteiger partial charge in [0.25, 0.3) is 0 Å². The highest BCUT2D eigenvalue weighted by Gasteiger charge is 2.37. The zero-order valence-corrected chi connectivity index (χ0v) is 9.72. The summed E-state index contributed by atoms with van der Waals surface area (Å²) in [6.07, 6.45) is 2.85. The minimum Gasteiger partial charge on any atom is -0.356 e. The van der Waals surface area contributed by atoms with Crippen molar-refractivity contribution in [2.75, 3.05) is 6.54 Å². The smallest absolute Gasteiger partial charge is 0.224 e. The molecule has 5 nitrogen and oxygen atoms in total. The second-order valence-corrected chi connectivity index (χ2v) is 5.70.